The van der Waals surface area contributed by atoms with E-state index in [2.05, 4.69) is 5.32 Å². The molecule has 2 aromatic rings. The molecule has 190 valence electrons. The molecule has 0 aliphatic carbocycles. The van der Waals surface area contributed by atoms with E-state index in [9.17, 15) is 27.9 Å². The van der Waals surface area contributed by atoms with Crippen LogP contribution in [0.15, 0.2) is 48.5 Å². The maximum absolute atomic E-state index is 13.1. The first-order chi connectivity index (χ1) is 16.7. The molecule has 2 N–H and O–H groups in total. The first-order valence-electron chi connectivity index (χ1n) is 11.6. The van der Waals surface area contributed by atoms with Gasteiger partial charge in [0.2, 0.25) is 11.8 Å². The monoisotopic (exact) mass is 492 g/mol. The predicted octanol–water partition coefficient (Wildman–Crippen LogP) is 3.41. The van der Waals surface area contributed by atoms with Crippen LogP contribution in [0.3, 0.4) is 0 Å². The second kappa shape index (κ2) is 12.0. The Kier molecular flexibility index (Phi) is 9.11. The SMILES string of the molecule is CCCN(CC(=O)N1CCN(CC(=O)Nc2ccccc2C(F)(F)F)CC1)Cc1ccccc1O. The number of amides is 2. The van der Waals surface area contributed by atoms with E-state index in [-0.39, 0.29) is 30.4 Å². The zero-order valence-electron chi connectivity index (χ0n) is 19.7. The Morgan fingerprint density at radius 1 is 1.03 bits per heavy atom. The van der Waals surface area contributed by atoms with Crippen molar-refractivity contribution in [2.75, 3.05) is 51.1 Å². The number of nitrogens with zero attached hydrogens (tertiary/aromatic N) is 3. The number of piperazine rings is 1. The Morgan fingerprint density at radius 2 is 1.69 bits per heavy atom. The van der Waals surface area contributed by atoms with E-state index < -0.39 is 17.6 Å². The number of phenols is 1. The van der Waals surface area contributed by atoms with Crippen LogP contribution in [-0.2, 0) is 22.3 Å². The maximum atomic E-state index is 13.1. The third-order valence-electron chi connectivity index (χ3n) is 5.88. The highest BCUT2D eigenvalue weighted by Gasteiger charge is 2.33. The van der Waals surface area contributed by atoms with Crippen LogP contribution in [0.2, 0.25) is 0 Å². The lowest BCUT2D eigenvalue weighted by Crippen LogP contribution is -2.52. The molecular formula is C25H31F3N4O3. The van der Waals surface area contributed by atoms with Gasteiger partial charge in [-0.05, 0) is 31.2 Å². The normalized spacial score (nSPS) is 14.8. The minimum Gasteiger partial charge on any atom is -0.508 e. The van der Waals surface area contributed by atoms with E-state index in [4.69, 9.17) is 0 Å². The topological polar surface area (TPSA) is 76.1 Å². The average Bonchev–Trinajstić information content (AvgIpc) is 2.80. The molecule has 0 bridgehead atoms. The number of hydrogen-bond donors (Lipinski definition) is 2. The number of benzene rings is 2. The molecule has 2 aromatic carbocycles. The van der Waals surface area contributed by atoms with Gasteiger partial charge in [0.1, 0.15) is 5.75 Å². The highest BCUT2D eigenvalue weighted by atomic mass is 19.4. The Hall–Kier alpha value is -3.11. The van der Waals surface area contributed by atoms with Crippen LogP contribution in [0, 0.1) is 0 Å². The number of aromatic hydroxyl groups is 1. The lowest BCUT2D eigenvalue weighted by atomic mass is 10.1. The molecular weight excluding hydrogens is 461 g/mol. The largest absolute Gasteiger partial charge is 0.508 e. The molecule has 1 fully saturated rings. The molecule has 1 saturated heterocycles. The Bertz CT molecular complexity index is 1010. The number of para-hydroxylation sites is 2. The number of anilines is 1. The van der Waals surface area contributed by atoms with E-state index >= 15 is 0 Å². The molecule has 35 heavy (non-hydrogen) atoms. The van der Waals surface area contributed by atoms with Crippen molar-refractivity contribution in [1.29, 1.82) is 0 Å². The molecule has 0 spiro atoms. The van der Waals surface area contributed by atoms with Gasteiger partial charge in [-0.3, -0.25) is 19.4 Å². The molecule has 1 aliphatic rings. The average molecular weight is 493 g/mol. The van der Waals surface area contributed by atoms with Gasteiger partial charge in [-0.2, -0.15) is 13.2 Å². The zero-order valence-corrected chi connectivity index (χ0v) is 19.7. The number of halogens is 3. The molecule has 0 radical (unpaired) electrons. The minimum atomic E-state index is -4.55. The van der Waals surface area contributed by atoms with Crippen LogP contribution in [0.1, 0.15) is 24.5 Å². The Morgan fingerprint density at radius 3 is 2.34 bits per heavy atom. The summed E-state index contributed by atoms with van der Waals surface area (Å²) >= 11 is 0. The number of carbonyl (C=O) groups is 2. The smallest absolute Gasteiger partial charge is 0.418 e. The Labute approximate surface area is 203 Å². The number of carbonyl (C=O) groups excluding carboxylic acids is 2. The van der Waals surface area contributed by atoms with Crippen molar-refractivity contribution in [3.05, 3.63) is 59.7 Å². The Balaban J connectivity index is 1.49. The first-order valence-corrected chi connectivity index (χ1v) is 11.6. The maximum Gasteiger partial charge on any atom is 0.418 e. The fraction of sp³-hybridized carbons (Fsp3) is 0.440. The summed E-state index contributed by atoms with van der Waals surface area (Å²) in [7, 11) is 0. The van der Waals surface area contributed by atoms with Crippen LogP contribution in [0.5, 0.6) is 5.75 Å². The van der Waals surface area contributed by atoms with Crippen molar-refractivity contribution in [3.8, 4) is 5.75 Å². The summed E-state index contributed by atoms with van der Waals surface area (Å²) in [5.41, 5.74) is -0.389. The predicted molar refractivity (Wildman–Crippen MR) is 127 cm³/mol. The number of rotatable bonds is 9. The van der Waals surface area contributed by atoms with Crippen molar-refractivity contribution in [1.82, 2.24) is 14.7 Å². The highest BCUT2D eigenvalue weighted by molar-refractivity contribution is 5.93. The van der Waals surface area contributed by atoms with Crippen molar-refractivity contribution in [2.45, 2.75) is 26.1 Å². The number of phenolic OH excluding ortho intramolecular Hbond substituents is 1. The molecule has 0 aromatic heterocycles. The van der Waals surface area contributed by atoms with Gasteiger partial charge in [0.05, 0.1) is 24.3 Å². The van der Waals surface area contributed by atoms with Crippen LogP contribution in [-0.4, -0.2) is 77.4 Å². The van der Waals surface area contributed by atoms with E-state index in [1.165, 1.54) is 18.2 Å². The van der Waals surface area contributed by atoms with Crippen LogP contribution < -0.4 is 5.32 Å². The molecule has 1 aliphatic heterocycles. The van der Waals surface area contributed by atoms with E-state index in [1.54, 1.807) is 17.0 Å². The fourth-order valence-corrected chi connectivity index (χ4v) is 4.09. The summed E-state index contributed by atoms with van der Waals surface area (Å²) in [5.74, 6) is -0.360. The summed E-state index contributed by atoms with van der Waals surface area (Å²) in [5, 5.41) is 12.4. The number of alkyl halides is 3. The van der Waals surface area contributed by atoms with Crippen molar-refractivity contribution < 1.29 is 27.9 Å². The zero-order chi connectivity index (χ0) is 25.4. The van der Waals surface area contributed by atoms with Gasteiger partial charge in [-0.15, -0.1) is 0 Å². The first kappa shape index (κ1) is 26.5. The van der Waals surface area contributed by atoms with Crippen molar-refractivity contribution >= 4 is 17.5 Å². The molecule has 1 heterocycles. The molecule has 3 rings (SSSR count). The van der Waals surface area contributed by atoms with Crippen molar-refractivity contribution in [3.63, 3.8) is 0 Å². The fourth-order valence-electron chi connectivity index (χ4n) is 4.09. The quantitative estimate of drug-likeness (QED) is 0.561. The van der Waals surface area contributed by atoms with E-state index in [0.29, 0.717) is 39.3 Å². The summed E-state index contributed by atoms with van der Waals surface area (Å²) in [6.45, 7) is 5.13. The molecule has 0 atom stereocenters. The number of hydrogen-bond acceptors (Lipinski definition) is 5. The minimum absolute atomic E-state index is 0.0305. The third kappa shape index (κ3) is 7.69. The van der Waals surface area contributed by atoms with Gasteiger partial charge >= 0.3 is 6.18 Å². The van der Waals surface area contributed by atoms with Gasteiger partial charge in [-0.25, -0.2) is 0 Å². The molecule has 0 saturated carbocycles. The second-order valence-electron chi connectivity index (χ2n) is 8.59. The summed E-state index contributed by atoms with van der Waals surface area (Å²) in [4.78, 5) is 30.8. The molecule has 2 amide bonds. The van der Waals surface area contributed by atoms with E-state index in [0.717, 1.165) is 18.1 Å². The summed E-state index contributed by atoms with van der Waals surface area (Å²) < 4.78 is 39.4. The number of nitrogens with one attached hydrogen (secondary N) is 1. The van der Waals surface area contributed by atoms with Crippen molar-refractivity contribution in [2.24, 2.45) is 0 Å². The van der Waals surface area contributed by atoms with Crippen LogP contribution in [0.4, 0.5) is 18.9 Å². The van der Waals surface area contributed by atoms with Crippen LogP contribution >= 0.6 is 0 Å². The standard InChI is InChI=1S/C25H31F3N4O3/c1-2-11-31(16-19-7-3-6-10-22(19)33)18-24(35)32-14-12-30(13-15-32)17-23(34)29-21-9-5-4-8-20(21)25(26,27)28/h3-10,33H,2,11-18H2,1H3,(H,29,34). The van der Waals surface area contributed by atoms with Gasteiger partial charge < -0.3 is 15.3 Å². The summed E-state index contributed by atoms with van der Waals surface area (Å²) in [6, 6.07) is 11.9. The lowest BCUT2D eigenvalue weighted by Gasteiger charge is -2.35. The lowest BCUT2D eigenvalue weighted by molar-refractivity contribution is -0.137. The summed E-state index contributed by atoms with van der Waals surface area (Å²) in [6.07, 6.45) is -3.69. The molecule has 7 nitrogen and oxygen atoms in total. The second-order valence-corrected chi connectivity index (χ2v) is 8.59. The third-order valence-corrected chi connectivity index (χ3v) is 5.88. The van der Waals surface area contributed by atoms with Gasteiger partial charge in [0.15, 0.2) is 0 Å². The van der Waals surface area contributed by atoms with Gasteiger partial charge in [-0.1, -0.05) is 37.3 Å². The van der Waals surface area contributed by atoms with Gasteiger partial charge in [0, 0.05) is 38.3 Å². The van der Waals surface area contributed by atoms with Crippen LogP contribution in [0.25, 0.3) is 0 Å². The molecule has 10 heteroatoms. The highest BCUT2D eigenvalue weighted by Crippen LogP contribution is 2.34. The van der Waals surface area contributed by atoms with Gasteiger partial charge in [0.25, 0.3) is 0 Å². The molecule has 0 unspecified atom stereocenters. The van der Waals surface area contributed by atoms with E-state index in [1.807, 2.05) is 28.9 Å².